The fourth-order valence-electron chi connectivity index (χ4n) is 3.67. The molecule has 0 unspecified atom stereocenters. The summed E-state index contributed by atoms with van der Waals surface area (Å²) in [6.45, 7) is 6.94. The summed E-state index contributed by atoms with van der Waals surface area (Å²) in [5.41, 5.74) is 0.987. The number of nitrogens with zero attached hydrogens (tertiary/aromatic N) is 1. The molecule has 0 saturated heterocycles. The lowest BCUT2D eigenvalue weighted by Gasteiger charge is -2.24. The van der Waals surface area contributed by atoms with Crippen LogP contribution < -0.4 is 4.18 Å². The minimum atomic E-state index is -4.70. The van der Waals surface area contributed by atoms with Crippen molar-refractivity contribution in [1.29, 1.82) is 0 Å². The average Bonchev–Trinajstić information content (AvgIpc) is 2.85. The van der Waals surface area contributed by atoms with E-state index in [0.717, 1.165) is 23.8 Å². The number of carbonyl (C=O) groups excluding carboxylic acids is 1. The largest absolute Gasteiger partial charge is 0.416 e. The van der Waals surface area contributed by atoms with Crippen molar-refractivity contribution in [2.75, 3.05) is 20.3 Å². The maximum atomic E-state index is 13.3. The van der Waals surface area contributed by atoms with E-state index in [4.69, 9.17) is 8.92 Å². The van der Waals surface area contributed by atoms with Crippen LogP contribution in [0.5, 0.6) is 5.75 Å². The standard InChI is InChI=1S/C28H30F3NO5S/c1-27(2,3)22-13-11-21(12-14-22)26(33)32(15-16-36-4)19-20-7-5-9-24(17-20)37-38(34,35)25-10-6-8-23(18-25)28(29,30)31/h5-14,17-18H,15-16,19H2,1-4H3. The van der Waals surface area contributed by atoms with Gasteiger partial charge in [0, 0.05) is 25.8 Å². The molecule has 0 N–H and O–H groups in total. The smallest absolute Gasteiger partial charge is 0.383 e. The van der Waals surface area contributed by atoms with E-state index >= 15 is 0 Å². The molecular formula is C28H30F3NO5S. The number of amides is 1. The van der Waals surface area contributed by atoms with E-state index in [1.54, 1.807) is 29.2 Å². The minimum absolute atomic E-state index is 0.0633. The predicted molar refractivity (Wildman–Crippen MR) is 137 cm³/mol. The van der Waals surface area contributed by atoms with Crippen molar-refractivity contribution in [3.05, 3.63) is 95.1 Å². The van der Waals surface area contributed by atoms with Crippen LogP contribution in [0.1, 0.15) is 47.8 Å². The third-order valence-electron chi connectivity index (χ3n) is 5.78. The highest BCUT2D eigenvalue weighted by Crippen LogP contribution is 2.31. The first kappa shape index (κ1) is 29.2. The number of halogens is 3. The number of benzene rings is 3. The number of ether oxygens (including phenoxy) is 1. The van der Waals surface area contributed by atoms with Crippen molar-refractivity contribution in [2.24, 2.45) is 0 Å². The monoisotopic (exact) mass is 549 g/mol. The van der Waals surface area contributed by atoms with Crippen LogP contribution in [0.2, 0.25) is 0 Å². The third-order valence-corrected chi connectivity index (χ3v) is 7.02. The van der Waals surface area contributed by atoms with Gasteiger partial charge in [-0.1, -0.05) is 51.1 Å². The number of hydrogen-bond acceptors (Lipinski definition) is 5. The molecule has 38 heavy (non-hydrogen) atoms. The van der Waals surface area contributed by atoms with Crippen molar-refractivity contribution in [3.8, 4) is 5.75 Å². The van der Waals surface area contributed by atoms with E-state index in [1.165, 1.54) is 19.2 Å². The molecule has 0 radical (unpaired) electrons. The molecule has 3 aromatic rings. The van der Waals surface area contributed by atoms with Crippen LogP contribution in [0.4, 0.5) is 13.2 Å². The van der Waals surface area contributed by atoms with Crippen LogP contribution in [0.3, 0.4) is 0 Å². The van der Waals surface area contributed by atoms with E-state index in [9.17, 15) is 26.4 Å². The Kier molecular flexibility index (Phi) is 8.89. The van der Waals surface area contributed by atoms with Gasteiger partial charge in [-0.2, -0.15) is 21.6 Å². The molecule has 0 atom stereocenters. The first-order valence-corrected chi connectivity index (χ1v) is 13.2. The Hall–Kier alpha value is -3.37. The Bertz CT molecular complexity index is 1360. The van der Waals surface area contributed by atoms with E-state index in [1.807, 2.05) is 12.1 Å². The van der Waals surface area contributed by atoms with Gasteiger partial charge in [0.2, 0.25) is 0 Å². The minimum Gasteiger partial charge on any atom is -0.383 e. The van der Waals surface area contributed by atoms with E-state index in [0.29, 0.717) is 17.2 Å². The van der Waals surface area contributed by atoms with Crippen molar-refractivity contribution in [3.63, 3.8) is 0 Å². The molecule has 0 fully saturated rings. The second-order valence-corrected chi connectivity index (χ2v) is 11.3. The van der Waals surface area contributed by atoms with Crippen LogP contribution in [0.25, 0.3) is 0 Å². The maximum Gasteiger partial charge on any atom is 0.416 e. The Labute approximate surface area is 221 Å². The van der Waals surface area contributed by atoms with Gasteiger partial charge in [-0.05, 0) is 59.0 Å². The van der Waals surface area contributed by atoms with Gasteiger partial charge in [0.25, 0.3) is 5.91 Å². The van der Waals surface area contributed by atoms with Gasteiger partial charge >= 0.3 is 16.3 Å². The molecule has 0 bridgehead atoms. The molecule has 0 aromatic heterocycles. The van der Waals surface area contributed by atoms with Gasteiger partial charge in [-0.25, -0.2) is 0 Å². The van der Waals surface area contributed by atoms with Crippen LogP contribution in [0, 0.1) is 0 Å². The molecular weight excluding hydrogens is 519 g/mol. The summed E-state index contributed by atoms with van der Waals surface area (Å²) in [4.78, 5) is 14.2. The lowest BCUT2D eigenvalue weighted by Crippen LogP contribution is -2.33. The highest BCUT2D eigenvalue weighted by atomic mass is 32.2. The Balaban J connectivity index is 1.81. The van der Waals surface area contributed by atoms with Gasteiger partial charge in [0.1, 0.15) is 10.6 Å². The fourth-order valence-corrected chi connectivity index (χ4v) is 4.64. The highest BCUT2D eigenvalue weighted by molar-refractivity contribution is 7.87. The number of rotatable bonds is 9. The number of methoxy groups -OCH3 is 1. The van der Waals surface area contributed by atoms with Gasteiger partial charge in [-0.15, -0.1) is 0 Å². The molecule has 0 heterocycles. The summed E-state index contributed by atoms with van der Waals surface area (Å²) in [5, 5.41) is 0. The first-order chi connectivity index (χ1) is 17.7. The zero-order valence-corrected chi connectivity index (χ0v) is 22.4. The van der Waals surface area contributed by atoms with Crippen LogP contribution in [-0.4, -0.2) is 39.5 Å². The molecule has 0 aliphatic carbocycles. The van der Waals surface area contributed by atoms with Crippen molar-refractivity contribution in [2.45, 2.75) is 43.8 Å². The topological polar surface area (TPSA) is 72.9 Å². The van der Waals surface area contributed by atoms with Crippen LogP contribution in [-0.2, 0) is 33.0 Å². The summed E-state index contributed by atoms with van der Waals surface area (Å²) >= 11 is 0. The quantitative estimate of drug-likeness (QED) is 0.304. The predicted octanol–water partition coefficient (Wildman–Crippen LogP) is 6.06. The lowest BCUT2D eigenvalue weighted by molar-refractivity contribution is -0.137. The summed E-state index contributed by atoms with van der Waals surface area (Å²) in [6, 6.07) is 16.7. The summed E-state index contributed by atoms with van der Waals surface area (Å²) in [7, 11) is -3.01. The first-order valence-electron chi connectivity index (χ1n) is 11.8. The molecule has 0 aliphatic rings. The second kappa shape index (κ2) is 11.6. The zero-order valence-electron chi connectivity index (χ0n) is 21.6. The van der Waals surface area contributed by atoms with Gasteiger partial charge < -0.3 is 13.8 Å². The van der Waals surface area contributed by atoms with E-state index < -0.39 is 26.8 Å². The SMILES string of the molecule is COCCN(Cc1cccc(OS(=O)(=O)c2cccc(C(F)(F)F)c2)c1)C(=O)c1ccc(C(C)(C)C)cc1. The third kappa shape index (κ3) is 7.58. The summed E-state index contributed by atoms with van der Waals surface area (Å²) in [5.74, 6) is -0.320. The molecule has 10 heteroatoms. The average molecular weight is 550 g/mol. The Morgan fingerprint density at radius 1 is 0.895 bits per heavy atom. The lowest BCUT2D eigenvalue weighted by atomic mass is 9.86. The second-order valence-electron chi connectivity index (χ2n) is 9.76. The molecule has 0 spiro atoms. The maximum absolute atomic E-state index is 13.3. The molecule has 1 amide bonds. The van der Waals surface area contributed by atoms with Gasteiger partial charge in [0.15, 0.2) is 0 Å². The Morgan fingerprint density at radius 2 is 1.55 bits per heavy atom. The van der Waals surface area contributed by atoms with Gasteiger partial charge in [0.05, 0.1) is 12.2 Å². The molecule has 204 valence electrons. The Morgan fingerprint density at radius 3 is 2.16 bits per heavy atom. The van der Waals surface area contributed by atoms with Crippen molar-refractivity contribution < 1.29 is 35.3 Å². The van der Waals surface area contributed by atoms with Crippen LogP contribution >= 0.6 is 0 Å². The zero-order chi connectivity index (χ0) is 28.1. The molecule has 3 rings (SSSR count). The summed E-state index contributed by atoms with van der Waals surface area (Å²) < 4.78 is 74.7. The fraction of sp³-hybridized carbons (Fsp3) is 0.321. The molecule has 0 saturated carbocycles. The van der Waals surface area contributed by atoms with Crippen molar-refractivity contribution >= 4 is 16.0 Å². The molecule has 3 aromatic carbocycles. The number of alkyl halides is 3. The number of carbonyl (C=O) groups is 1. The highest BCUT2D eigenvalue weighted by Gasteiger charge is 2.32. The normalized spacial score (nSPS) is 12.3. The molecule has 6 nitrogen and oxygen atoms in total. The van der Waals surface area contributed by atoms with Crippen LogP contribution in [0.15, 0.2) is 77.7 Å². The summed E-state index contributed by atoms with van der Waals surface area (Å²) in [6.07, 6.45) is -4.70. The molecule has 0 aliphatic heterocycles. The van der Waals surface area contributed by atoms with E-state index in [-0.39, 0.29) is 36.8 Å². The number of hydrogen-bond donors (Lipinski definition) is 0. The van der Waals surface area contributed by atoms with Gasteiger partial charge in [-0.3, -0.25) is 4.79 Å². The van der Waals surface area contributed by atoms with Crippen molar-refractivity contribution in [1.82, 2.24) is 4.90 Å². The van der Waals surface area contributed by atoms with E-state index in [2.05, 4.69) is 20.8 Å².